The third-order valence-electron chi connectivity index (χ3n) is 3.02. The van der Waals surface area contributed by atoms with Crippen molar-refractivity contribution in [1.29, 1.82) is 0 Å². The lowest BCUT2D eigenvalue weighted by atomic mass is 10.0. The lowest BCUT2D eigenvalue weighted by Gasteiger charge is -2.22. The highest BCUT2D eigenvalue weighted by atomic mass is 16.6. The Hall–Kier alpha value is -2.37. The van der Waals surface area contributed by atoms with Gasteiger partial charge in [0.2, 0.25) is 0 Å². The van der Waals surface area contributed by atoms with Crippen LogP contribution in [0.1, 0.15) is 50.9 Å². The van der Waals surface area contributed by atoms with Gasteiger partial charge in [0, 0.05) is 12.0 Å². The van der Waals surface area contributed by atoms with E-state index in [2.05, 4.69) is 5.32 Å². The van der Waals surface area contributed by atoms with Crippen molar-refractivity contribution in [1.82, 2.24) is 5.32 Å². The maximum Gasteiger partial charge on any atom is 0.408 e. The second-order valence-electron chi connectivity index (χ2n) is 6.28. The van der Waals surface area contributed by atoms with Gasteiger partial charge in [-0.3, -0.25) is 4.79 Å². The van der Waals surface area contributed by atoms with E-state index >= 15 is 0 Å². The van der Waals surface area contributed by atoms with Crippen molar-refractivity contribution in [2.24, 2.45) is 0 Å². The molecular weight excluding hydrogens is 310 g/mol. The summed E-state index contributed by atoms with van der Waals surface area (Å²) < 4.78 is 10.1. The molecule has 0 aliphatic heterocycles. The van der Waals surface area contributed by atoms with Gasteiger partial charge in [-0.1, -0.05) is 30.3 Å². The Labute approximate surface area is 142 Å². The Morgan fingerprint density at radius 1 is 1.12 bits per heavy atom. The Kier molecular flexibility index (Phi) is 7.42. The summed E-state index contributed by atoms with van der Waals surface area (Å²) in [7, 11) is 0. The van der Waals surface area contributed by atoms with Crippen molar-refractivity contribution >= 4 is 17.8 Å². The molecule has 0 aliphatic carbocycles. The summed E-state index contributed by atoms with van der Waals surface area (Å²) >= 11 is 0. The van der Waals surface area contributed by atoms with Gasteiger partial charge >= 0.3 is 12.1 Å². The third-order valence-corrected chi connectivity index (χ3v) is 3.02. The number of esters is 1. The minimum Gasteiger partial charge on any atom is -0.464 e. The Morgan fingerprint density at radius 3 is 2.29 bits per heavy atom. The first-order valence-corrected chi connectivity index (χ1v) is 7.97. The zero-order valence-corrected chi connectivity index (χ0v) is 14.6. The summed E-state index contributed by atoms with van der Waals surface area (Å²) in [4.78, 5) is 36.0. The molecule has 6 heteroatoms. The number of carbonyl (C=O) groups excluding carboxylic acids is 3. The summed E-state index contributed by atoms with van der Waals surface area (Å²) in [6.07, 6.45) is -0.456. The van der Waals surface area contributed by atoms with Gasteiger partial charge in [-0.05, 0) is 34.1 Å². The van der Waals surface area contributed by atoms with Crippen molar-refractivity contribution < 1.29 is 23.9 Å². The molecule has 6 nitrogen and oxygen atoms in total. The number of Topliss-reactive ketones (excluding diaryl/α,β-unsaturated/α-hetero) is 1. The predicted molar refractivity (Wildman–Crippen MR) is 89.8 cm³/mol. The zero-order chi connectivity index (χ0) is 18.2. The topological polar surface area (TPSA) is 81.7 Å². The van der Waals surface area contributed by atoms with E-state index in [9.17, 15) is 14.4 Å². The van der Waals surface area contributed by atoms with E-state index in [1.54, 1.807) is 52.0 Å². The number of hydrogen-bond donors (Lipinski definition) is 1. The van der Waals surface area contributed by atoms with E-state index < -0.39 is 23.7 Å². The molecular formula is C18H25NO5. The highest BCUT2D eigenvalue weighted by molar-refractivity contribution is 5.96. The molecule has 0 aliphatic rings. The van der Waals surface area contributed by atoms with E-state index in [1.807, 2.05) is 6.07 Å². The molecule has 1 aromatic rings. The molecule has 1 atom stereocenters. The largest absolute Gasteiger partial charge is 0.464 e. The number of carbonyl (C=O) groups is 3. The quantitative estimate of drug-likeness (QED) is 0.611. The maximum absolute atomic E-state index is 12.1. The summed E-state index contributed by atoms with van der Waals surface area (Å²) in [5.41, 5.74) is -0.110. The number of rotatable bonds is 7. The molecule has 0 radical (unpaired) electrons. The van der Waals surface area contributed by atoms with Crippen LogP contribution in [0.25, 0.3) is 0 Å². The van der Waals surface area contributed by atoms with Crippen LogP contribution in [0, 0.1) is 0 Å². The summed E-state index contributed by atoms with van der Waals surface area (Å²) in [5, 5.41) is 2.48. The zero-order valence-electron chi connectivity index (χ0n) is 14.6. The van der Waals surface area contributed by atoms with Crippen LogP contribution in [0.5, 0.6) is 0 Å². The standard InChI is InChI=1S/C18H25NO5/c1-5-23-16(21)14(19-17(22)24-18(2,3)4)11-12-15(20)13-9-7-6-8-10-13/h6-10,14H,5,11-12H2,1-4H3,(H,19,22). The lowest BCUT2D eigenvalue weighted by Crippen LogP contribution is -2.44. The van der Waals surface area contributed by atoms with Gasteiger partial charge in [0.1, 0.15) is 11.6 Å². The minimum absolute atomic E-state index is 0.101. The molecule has 24 heavy (non-hydrogen) atoms. The van der Waals surface area contributed by atoms with Crippen molar-refractivity contribution in [3.63, 3.8) is 0 Å². The van der Waals surface area contributed by atoms with Gasteiger partial charge in [-0.25, -0.2) is 9.59 Å². The fourth-order valence-corrected chi connectivity index (χ4v) is 1.99. The van der Waals surface area contributed by atoms with Crippen molar-refractivity contribution in [3.05, 3.63) is 35.9 Å². The van der Waals surface area contributed by atoms with E-state index in [1.165, 1.54) is 0 Å². The van der Waals surface area contributed by atoms with Crippen LogP contribution >= 0.6 is 0 Å². The molecule has 1 unspecified atom stereocenters. The number of nitrogens with one attached hydrogen (secondary N) is 1. The summed E-state index contributed by atoms with van der Waals surface area (Å²) in [6, 6.07) is 7.87. The van der Waals surface area contributed by atoms with Gasteiger partial charge < -0.3 is 14.8 Å². The Bertz CT molecular complexity index is 563. The number of benzene rings is 1. The van der Waals surface area contributed by atoms with Gasteiger partial charge in [0.15, 0.2) is 5.78 Å². The molecule has 0 saturated heterocycles. The van der Waals surface area contributed by atoms with E-state index in [4.69, 9.17) is 9.47 Å². The number of hydrogen-bond acceptors (Lipinski definition) is 5. The summed E-state index contributed by atoms with van der Waals surface area (Å²) in [5.74, 6) is -0.680. The van der Waals surface area contributed by atoms with Crippen LogP contribution in [0.3, 0.4) is 0 Å². The number of alkyl carbamates (subject to hydrolysis) is 1. The average molecular weight is 335 g/mol. The van der Waals surface area contributed by atoms with Crippen molar-refractivity contribution in [2.45, 2.75) is 52.2 Å². The fraction of sp³-hybridized carbons (Fsp3) is 0.500. The van der Waals surface area contributed by atoms with Crippen LogP contribution in [0.2, 0.25) is 0 Å². The molecule has 0 saturated carbocycles. The molecule has 1 N–H and O–H groups in total. The Morgan fingerprint density at radius 2 is 1.75 bits per heavy atom. The van der Waals surface area contributed by atoms with Gasteiger partial charge in [0.05, 0.1) is 6.61 Å². The van der Waals surface area contributed by atoms with E-state index in [0.29, 0.717) is 5.56 Å². The third kappa shape index (κ3) is 7.26. The first kappa shape index (κ1) is 19.7. The molecule has 0 aromatic heterocycles. The van der Waals surface area contributed by atoms with Crippen molar-refractivity contribution in [3.8, 4) is 0 Å². The van der Waals surface area contributed by atoms with Crippen LogP contribution < -0.4 is 5.32 Å². The SMILES string of the molecule is CCOC(=O)C(CCC(=O)c1ccccc1)NC(=O)OC(C)(C)C. The van der Waals surface area contributed by atoms with Gasteiger partial charge in [0.25, 0.3) is 0 Å². The molecule has 132 valence electrons. The molecule has 1 aromatic carbocycles. The molecule has 1 amide bonds. The number of amides is 1. The van der Waals surface area contributed by atoms with Crippen LogP contribution in [-0.4, -0.2) is 36.1 Å². The molecule has 1 rings (SSSR count). The lowest BCUT2D eigenvalue weighted by molar-refractivity contribution is -0.145. The minimum atomic E-state index is -0.924. The van der Waals surface area contributed by atoms with Crippen LogP contribution in [0.15, 0.2) is 30.3 Å². The van der Waals surface area contributed by atoms with Crippen molar-refractivity contribution in [2.75, 3.05) is 6.61 Å². The number of ether oxygens (including phenoxy) is 2. The van der Waals surface area contributed by atoms with E-state index in [0.717, 1.165) is 0 Å². The Balaban J connectivity index is 2.67. The normalized spacial score (nSPS) is 12.2. The van der Waals surface area contributed by atoms with E-state index in [-0.39, 0.29) is 25.2 Å². The highest BCUT2D eigenvalue weighted by Gasteiger charge is 2.26. The smallest absolute Gasteiger partial charge is 0.408 e. The average Bonchev–Trinajstić information content (AvgIpc) is 2.50. The van der Waals surface area contributed by atoms with Crippen LogP contribution in [0.4, 0.5) is 4.79 Å². The molecule has 0 spiro atoms. The van der Waals surface area contributed by atoms with Gasteiger partial charge in [-0.15, -0.1) is 0 Å². The predicted octanol–water partition coefficient (Wildman–Crippen LogP) is 3.11. The molecule has 0 heterocycles. The van der Waals surface area contributed by atoms with Crippen LogP contribution in [-0.2, 0) is 14.3 Å². The number of ketones is 1. The highest BCUT2D eigenvalue weighted by Crippen LogP contribution is 2.10. The monoisotopic (exact) mass is 335 g/mol. The van der Waals surface area contributed by atoms with Gasteiger partial charge in [-0.2, -0.15) is 0 Å². The molecule has 0 fully saturated rings. The molecule has 0 bridgehead atoms. The first-order valence-electron chi connectivity index (χ1n) is 7.97. The fourth-order valence-electron chi connectivity index (χ4n) is 1.99. The second-order valence-corrected chi connectivity index (χ2v) is 6.28. The maximum atomic E-state index is 12.1. The first-order chi connectivity index (χ1) is 11.2. The summed E-state index contributed by atoms with van der Waals surface area (Å²) in [6.45, 7) is 7.05. The second kappa shape index (κ2) is 9.05.